The molecule has 1 atom stereocenters. The maximum atomic E-state index is 12.5. The molecule has 0 N–H and O–H groups in total. The van der Waals surface area contributed by atoms with Gasteiger partial charge in [0.2, 0.25) is 5.91 Å². The summed E-state index contributed by atoms with van der Waals surface area (Å²) in [6, 6.07) is 10.9. The van der Waals surface area contributed by atoms with Crippen LogP contribution in [-0.2, 0) is 22.1 Å². The minimum atomic E-state index is -1.33. The van der Waals surface area contributed by atoms with Crippen molar-refractivity contribution < 1.29 is 13.4 Å². The Morgan fingerprint density at radius 3 is 2.48 bits per heavy atom. The largest absolute Gasteiger partial charge is 0.472 e. The van der Waals surface area contributed by atoms with Gasteiger partial charge in [-0.1, -0.05) is 18.2 Å². The minimum Gasteiger partial charge on any atom is -0.472 e. The Morgan fingerprint density at radius 2 is 1.91 bits per heavy atom. The molecular weight excluding hydrogens is 310 g/mol. The fourth-order valence-corrected chi connectivity index (χ4v) is 2.88. The van der Waals surface area contributed by atoms with Crippen molar-refractivity contribution in [3.05, 3.63) is 66.0 Å². The van der Waals surface area contributed by atoms with E-state index in [2.05, 4.69) is 0 Å². The zero-order valence-corrected chi connectivity index (χ0v) is 14.4. The van der Waals surface area contributed by atoms with Crippen molar-refractivity contribution in [2.75, 3.05) is 0 Å². The van der Waals surface area contributed by atoms with Crippen molar-refractivity contribution in [3.63, 3.8) is 0 Å². The highest BCUT2D eigenvalue weighted by atomic mass is 32.2. The number of hydrogen-bond acceptors (Lipinski definition) is 3. The topological polar surface area (TPSA) is 50.5 Å². The number of carbonyl (C=O) groups is 1. The first-order valence-corrected chi connectivity index (χ1v) is 8.56. The molecule has 1 aromatic carbocycles. The molecule has 1 unspecified atom stereocenters. The van der Waals surface area contributed by atoms with Crippen molar-refractivity contribution in [2.24, 2.45) is 0 Å². The van der Waals surface area contributed by atoms with E-state index < -0.39 is 10.8 Å². The van der Waals surface area contributed by atoms with E-state index in [1.165, 1.54) is 11.5 Å². The molecule has 23 heavy (non-hydrogen) atoms. The van der Waals surface area contributed by atoms with Crippen LogP contribution in [0.5, 0.6) is 0 Å². The van der Waals surface area contributed by atoms with Crippen molar-refractivity contribution >= 4 is 16.7 Å². The predicted octanol–water partition coefficient (Wildman–Crippen LogP) is 3.73. The monoisotopic (exact) mass is 331 g/mol. The molecule has 4 nitrogen and oxygen atoms in total. The standard InChI is InChI=1S/C18H21NO3S/c1-18(2,3)19(13-15-9-11-22-14-15)17(20)10-12-23(21)16-7-5-4-6-8-16/h4-12,14H,13H2,1-3H3/b12-10-. The lowest BCUT2D eigenvalue weighted by Crippen LogP contribution is -2.44. The molecule has 122 valence electrons. The highest BCUT2D eigenvalue weighted by Crippen LogP contribution is 2.18. The Hall–Kier alpha value is -2.14. The first kappa shape index (κ1) is 17.2. The number of furan rings is 1. The van der Waals surface area contributed by atoms with E-state index >= 15 is 0 Å². The minimum absolute atomic E-state index is 0.178. The predicted molar refractivity (Wildman–Crippen MR) is 91.0 cm³/mol. The highest BCUT2D eigenvalue weighted by molar-refractivity contribution is 7.88. The molecule has 0 aliphatic heterocycles. The summed E-state index contributed by atoms with van der Waals surface area (Å²) in [4.78, 5) is 14.9. The molecule has 0 spiro atoms. The molecule has 2 aromatic rings. The number of carbonyl (C=O) groups excluding carboxylic acids is 1. The highest BCUT2D eigenvalue weighted by Gasteiger charge is 2.25. The Kier molecular flexibility index (Phi) is 5.55. The molecule has 1 aromatic heterocycles. The van der Waals surface area contributed by atoms with Crippen LogP contribution in [0, 0.1) is 0 Å². The van der Waals surface area contributed by atoms with E-state index in [1.54, 1.807) is 29.6 Å². The Balaban J connectivity index is 2.11. The zero-order chi connectivity index (χ0) is 16.9. The van der Waals surface area contributed by atoms with Gasteiger partial charge < -0.3 is 9.32 Å². The summed E-state index contributed by atoms with van der Waals surface area (Å²) in [5.41, 5.74) is 0.568. The average molecular weight is 331 g/mol. The average Bonchev–Trinajstić information content (AvgIpc) is 3.03. The lowest BCUT2D eigenvalue weighted by Gasteiger charge is -2.34. The molecule has 1 amide bonds. The normalized spacial score (nSPS) is 13.2. The van der Waals surface area contributed by atoms with Gasteiger partial charge in [-0.3, -0.25) is 4.79 Å². The van der Waals surface area contributed by atoms with Gasteiger partial charge in [-0.05, 0) is 39.0 Å². The molecule has 5 heteroatoms. The molecule has 2 rings (SSSR count). The Morgan fingerprint density at radius 1 is 1.22 bits per heavy atom. The van der Waals surface area contributed by atoms with E-state index in [4.69, 9.17) is 4.42 Å². The molecule has 0 fully saturated rings. The Bertz CT molecular complexity index is 685. The number of rotatable bonds is 5. The quantitative estimate of drug-likeness (QED) is 0.785. The van der Waals surface area contributed by atoms with E-state index in [0.717, 1.165) is 5.56 Å². The number of nitrogens with zero attached hydrogens (tertiary/aromatic N) is 1. The van der Waals surface area contributed by atoms with E-state index in [0.29, 0.717) is 11.4 Å². The summed E-state index contributed by atoms with van der Waals surface area (Å²) in [7, 11) is -1.33. The third-order valence-corrected chi connectivity index (χ3v) is 4.43. The molecule has 0 aliphatic rings. The third-order valence-electron chi connectivity index (χ3n) is 3.31. The van der Waals surface area contributed by atoms with Crippen molar-refractivity contribution in [1.29, 1.82) is 0 Å². The zero-order valence-electron chi connectivity index (χ0n) is 13.6. The van der Waals surface area contributed by atoms with Gasteiger partial charge in [0.05, 0.1) is 23.3 Å². The molecule has 1 heterocycles. The summed E-state index contributed by atoms with van der Waals surface area (Å²) >= 11 is 0. The van der Waals surface area contributed by atoms with Crippen LogP contribution < -0.4 is 0 Å². The number of hydrogen-bond donors (Lipinski definition) is 0. The third kappa shape index (κ3) is 4.93. The van der Waals surface area contributed by atoms with Crippen LogP contribution in [0.4, 0.5) is 0 Å². The molecule has 0 saturated heterocycles. The fourth-order valence-electron chi connectivity index (χ4n) is 2.05. The smallest absolute Gasteiger partial charge is 0.247 e. The van der Waals surface area contributed by atoms with Gasteiger partial charge in [-0.25, -0.2) is 4.21 Å². The van der Waals surface area contributed by atoms with Gasteiger partial charge in [-0.2, -0.15) is 0 Å². The molecule has 0 radical (unpaired) electrons. The Labute approximate surface area is 139 Å². The summed E-state index contributed by atoms with van der Waals surface area (Å²) in [5, 5.41) is 1.44. The van der Waals surface area contributed by atoms with Crippen LogP contribution in [0.2, 0.25) is 0 Å². The van der Waals surface area contributed by atoms with Crippen LogP contribution >= 0.6 is 0 Å². The summed E-state index contributed by atoms with van der Waals surface area (Å²) in [5.74, 6) is -0.178. The second-order valence-corrected chi connectivity index (χ2v) is 7.48. The SMILES string of the molecule is CC(C)(C)N(Cc1ccoc1)C(=O)/C=C\S(=O)c1ccccc1. The van der Waals surface area contributed by atoms with E-state index in [9.17, 15) is 9.00 Å². The molecular formula is C18H21NO3S. The van der Waals surface area contributed by atoms with Gasteiger partial charge in [0.1, 0.15) is 0 Å². The van der Waals surface area contributed by atoms with Gasteiger partial charge in [0, 0.05) is 34.0 Å². The van der Waals surface area contributed by atoms with Crippen molar-refractivity contribution in [1.82, 2.24) is 4.90 Å². The van der Waals surface area contributed by atoms with Crippen molar-refractivity contribution in [2.45, 2.75) is 37.8 Å². The van der Waals surface area contributed by atoms with Gasteiger partial charge >= 0.3 is 0 Å². The summed E-state index contributed by atoms with van der Waals surface area (Å²) < 4.78 is 17.2. The lowest BCUT2D eigenvalue weighted by atomic mass is 10.0. The van der Waals surface area contributed by atoms with Crippen LogP contribution in [0.25, 0.3) is 0 Å². The van der Waals surface area contributed by atoms with E-state index in [1.807, 2.05) is 45.0 Å². The second-order valence-electron chi connectivity index (χ2n) is 6.14. The lowest BCUT2D eigenvalue weighted by molar-refractivity contribution is -0.131. The molecule has 0 aliphatic carbocycles. The molecule has 0 saturated carbocycles. The summed E-state index contributed by atoms with van der Waals surface area (Å²) in [6.45, 7) is 6.34. The van der Waals surface area contributed by atoms with Crippen molar-refractivity contribution in [3.8, 4) is 0 Å². The van der Waals surface area contributed by atoms with Crippen LogP contribution in [-0.4, -0.2) is 20.6 Å². The molecule has 0 bridgehead atoms. The van der Waals surface area contributed by atoms with Gasteiger partial charge in [0.15, 0.2) is 0 Å². The van der Waals surface area contributed by atoms with Crippen LogP contribution in [0.3, 0.4) is 0 Å². The number of amides is 1. The van der Waals surface area contributed by atoms with Crippen LogP contribution in [0.15, 0.2) is 69.7 Å². The first-order chi connectivity index (χ1) is 10.9. The maximum absolute atomic E-state index is 12.5. The second kappa shape index (κ2) is 7.42. The van der Waals surface area contributed by atoms with Gasteiger partial charge in [-0.15, -0.1) is 0 Å². The van der Waals surface area contributed by atoms with Crippen LogP contribution in [0.1, 0.15) is 26.3 Å². The van der Waals surface area contributed by atoms with Gasteiger partial charge in [0.25, 0.3) is 0 Å². The number of benzene rings is 1. The van der Waals surface area contributed by atoms with E-state index in [-0.39, 0.29) is 11.4 Å². The maximum Gasteiger partial charge on any atom is 0.247 e. The summed E-state index contributed by atoms with van der Waals surface area (Å²) in [6.07, 6.45) is 4.59. The fraction of sp³-hybridized carbons (Fsp3) is 0.278. The first-order valence-electron chi connectivity index (χ1n) is 7.34.